The van der Waals surface area contributed by atoms with E-state index in [2.05, 4.69) is 87.2 Å². The van der Waals surface area contributed by atoms with Crippen molar-refractivity contribution in [2.24, 2.45) is 9.53 Å². The van der Waals surface area contributed by atoms with E-state index >= 15 is 0 Å². The first-order valence-electron chi connectivity index (χ1n) is 7.19. The fraction of sp³-hybridized carbons (Fsp3) is 0.571. The standard InChI is InChI=1S/C14H28N6P2S/c1-17(2)21(18(3)4)15-11-13-9-10-14(23-13)12-16-22(19(5)6)20(7)8/h9-12H,1-8H3/b15-11+,16-12+. The Morgan fingerprint density at radius 2 is 1.00 bits per heavy atom. The van der Waals surface area contributed by atoms with Gasteiger partial charge >= 0.3 is 0 Å². The summed E-state index contributed by atoms with van der Waals surface area (Å²) < 4.78 is 18.0. The maximum absolute atomic E-state index is 4.70. The van der Waals surface area contributed by atoms with Gasteiger partial charge in [0.15, 0.2) is 16.7 Å². The Morgan fingerprint density at radius 1 is 0.696 bits per heavy atom. The van der Waals surface area contributed by atoms with Gasteiger partial charge in [-0.1, -0.05) is 0 Å². The molecule has 1 rings (SSSR count). The molecule has 0 N–H and O–H groups in total. The van der Waals surface area contributed by atoms with Crippen molar-refractivity contribution in [2.75, 3.05) is 56.4 Å². The van der Waals surface area contributed by atoms with Crippen LogP contribution in [0.2, 0.25) is 0 Å². The smallest absolute Gasteiger partial charge is 0.168 e. The van der Waals surface area contributed by atoms with E-state index in [0.29, 0.717) is 0 Å². The Bertz CT molecular complexity index is 467. The SMILES string of the molecule is CN(C)P(/N=C/c1ccc(/C=N/P(N(C)C)N(C)C)s1)N(C)C. The van der Waals surface area contributed by atoms with Crippen LogP contribution in [-0.4, -0.2) is 87.5 Å². The highest BCUT2D eigenvalue weighted by atomic mass is 32.1. The highest BCUT2D eigenvalue weighted by Crippen LogP contribution is 2.41. The Morgan fingerprint density at radius 3 is 1.26 bits per heavy atom. The molecule has 1 aromatic rings. The molecule has 0 amide bonds. The molecule has 0 radical (unpaired) electrons. The Kier molecular flexibility index (Phi) is 8.94. The first-order chi connectivity index (χ1) is 10.7. The molecule has 0 aliphatic heterocycles. The van der Waals surface area contributed by atoms with Gasteiger partial charge in [0.25, 0.3) is 0 Å². The summed E-state index contributed by atoms with van der Waals surface area (Å²) in [6.45, 7) is 0. The molecule has 0 aliphatic carbocycles. The molecule has 1 aromatic heterocycles. The zero-order valence-corrected chi connectivity index (χ0v) is 17.9. The predicted octanol–water partition coefficient (Wildman–Crippen LogP) is 3.29. The lowest BCUT2D eigenvalue weighted by molar-refractivity contribution is 0.575. The highest BCUT2D eigenvalue weighted by molar-refractivity contribution is 7.51. The van der Waals surface area contributed by atoms with Crippen LogP contribution in [0.5, 0.6) is 0 Å². The summed E-state index contributed by atoms with van der Waals surface area (Å²) in [5.41, 5.74) is 0. The van der Waals surface area contributed by atoms with Crippen molar-refractivity contribution in [1.29, 1.82) is 0 Å². The molecule has 0 spiro atoms. The second-order valence-corrected chi connectivity index (χ2v) is 11.5. The number of hydrogen-bond donors (Lipinski definition) is 0. The number of hydrogen-bond acceptors (Lipinski definition) is 7. The molecule has 0 unspecified atom stereocenters. The molecule has 0 aliphatic rings. The molecule has 6 nitrogen and oxygen atoms in total. The van der Waals surface area contributed by atoms with Crippen molar-refractivity contribution >= 4 is 40.5 Å². The summed E-state index contributed by atoms with van der Waals surface area (Å²) in [4.78, 5) is 2.31. The number of rotatable bonds is 8. The van der Waals surface area contributed by atoms with Crippen LogP contribution >= 0.6 is 28.1 Å². The minimum Gasteiger partial charge on any atom is -0.258 e. The average Bonchev–Trinajstić information content (AvgIpc) is 2.85. The van der Waals surface area contributed by atoms with Gasteiger partial charge in [-0.05, 0) is 68.5 Å². The Balaban J connectivity index is 2.78. The molecule has 23 heavy (non-hydrogen) atoms. The lowest BCUT2D eigenvalue weighted by Gasteiger charge is -2.25. The van der Waals surface area contributed by atoms with Crippen molar-refractivity contribution in [2.45, 2.75) is 0 Å². The number of thiophene rings is 1. The molecular formula is C14H28N6P2S. The van der Waals surface area contributed by atoms with Gasteiger partial charge in [0.05, 0.1) is 0 Å². The summed E-state index contributed by atoms with van der Waals surface area (Å²) in [6.07, 6.45) is 3.93. The van der Waals surface area contributed by atoms with Gasteiger partial charge in [-0.2, -0.15) is 0 Å². The van der Waals surface area contributed by atoms with Crippen molar-refractivity contribution in [3.05, 3.63) is 21.9 Å². The van der Waals surface area contributed by atoms with Gasteiger partial charge in [-0.15, -0.1) is 11.3 Å². The van der Waals surface area contributed by atoms with Crippen LogP contribution in [0.1, 0.15) is 9.75 Å². The topological polar surface area (TPSA) is 37.7 Å². The second kappa shape index (κ2) is 9.90. The molecular weight excluding hydrogens is 346 g/mol. The van der Waals surface area contributed by atoms with Crippen molar-refractivity contribution in [3.63, 3.8) is 0 Å². The van der Waals surface area contributed by atoms with E-state index in [1.54, 1.807) is 11.3 Å². The van der Waals surface area contributed by atoms with E-state index in [0.717, 1.165) is 9.75 Å². The van der Waals surface area contributed by atoms with Gasteiger partial charge in [0, 0.05) is 22.2 Å². The van der Waals surface area contributed by atoms with Gasteiger partial charge in [0.2, 0.25) is 0 Å². The van der Waals surface area contributed by atoms with Crippen LogP contribution in [0.25, 0.3) is 0 Å². The average molecular weight is 374 g/mol. The fourth-order valence-electron chi connectivity index (χ4n) is 1.85. The minimum atomic E-state index is -0.630. The van der Waals surface area contributed by atoms with E-state index in [1.165, 1.54) is 0 Å². The zero-order chi connectivity index (χ0) is 17.6. The first-order valence-corrected chi connectivity index (χ1v) is 10.4. The van der Waals surface area contributed by atoms with E-state index in [1.807, 2.05) is 12.4 Å². The Hall–Kier alpha value is -0.260. The molecule has 130 valence electrons. The van der Waals surface area contributed by atoms with E-state index in [-0.39, 0.29) is 0 Å². The largest absolute Gasteiger partial charge is 0.258 e. The fourth-order valence-corrected chi connectivity index (χ4v) is 5.48. The van der Waals surface area contributed by atoms with Crippen LogP contribution in [0.3, 0.4) is 0 Å². The quantitative estimate of drug-likeness (QED) is 0.517. The third-order valence-corrected chi connectivity index (χ3v) is 7.12. The zero-order valence-electron chi connectivity index (χ0n) is 15.3. The summed E-state index contributed by atoms with van der Waals surface area (Å²) >= 11 is 1.71. The van der Waals surface area contributed by atoms with Crippen LogP contribution < -0.4 is 0 Å². The summed E-state index contributed by atoms with van der Waals surface area (Å²) in [5.74, 6) is 0. The lowest BCUT2D eigenvalue weighted by atomic mass is 10.4. The monoisotopic (exact) mass is 374 g/mol. The first kappa shape index (κ1) is 20.8. The minimum absolute atomic E-state index is 0.630. The van der Waals surface area contributed by atoms with Crippen molar-refractivity contribution in [1.82, 2.24) is 18.7 Å². The normalized spacial score (nSPS) is 13.5. The summed E-state index contributed by atoms with van der Waals surface area (Å²) in [7, 11) is 15.2. The highest BCUT2D eigenvalue weighted by Gasteiger charge is 2.13. The molecule has 0 saturated heterocycles. The summed E-state index contributed by atoms with van der Waals surface area (Å²) in [5, 5.41) is 0. The summed E-state index contributed by atoms with van der Waals surface area (Å²) in [6, 6.07) is 4.20. The van der Waals surface area contributed by atoms with Crippen LogP contribution in [-0.2, 0) is 0 Å². The third kappa shape index (κ3) is 7.02. The molecule has 0 aromatic carbocycles. The molecule has 0 saturated carbocycles. The molecule has 0 bridgehead atoms. The van der Waals surface area contributed by atoms with E-state index in [9.17, 15) is 0 Å². The lowest BCUT2D eigenvalue weighted by Crippen LogP contribution is -2.15. The van der Waals surface area contributed by atoms with E-state index < -0.39 is 16.7 Å². The maximum atomic E-state index is 4.70. The predicted molar refractivity (Wildman–Crippen MR) is 108 cm³/mol. The van der Waals surface area contributed by atoms with Crippen molar-refractivity contribution < 1.29 is 0 Å². The van der Waals surface area contributed by atoms with Gasteiger partial charge in [-0.3, -0.25) is 18.7 Å². The van der Waals surface area contributed by atoms with Gasteiger partial charge in [0.1, 0.15) is 0 Å². The van der Waals surface area contributed by atoms with Gasteiger partial charge < -0.3 is 0 Å². The van der Waals surface area contributed by atoms with Crippen LogP contribution in [0, 0.1) is 0 Å². The molecule has 1 heterocycles. The molecule has 0 fully saturated rings. The Labute approximate surface area is 147 Å². The van der Waals surface area contributed by atoms with Gasteiger partial charge in [-0.25, -0.2) is 9.53 Å². The van der Waals surface area contributed by atoms with Crippen LogP contribution in [0.15, 0.2) is 21.7 Å². The second-order valence-electron chi connectivity index (χ2n) is 5.65. The maximum Gasteiger partial charge on any atom is 0.168 e. The van der Waals surface area contributed by atoms with Crippen LogP contribution in [0.4, 0.5) is 0 Å². The van der Waals surface area contributed by atoms with Crippen molar-refractivity contribution in [3.8, 4) is 0 Å². The third-order valence-electron chi connectivity index (χ3n) is 2.66. The van der Waals surface area contributed by atoms with E-state index in [4.69, 9.17) is 9.53 Å². The number of nitrogens with zero attached hydrogens (tertiary/aromatic N) is 6. The molecule has 9 heteroatoms. The molecule has 0 atom stereocenters.